The molecule has 0 aliphatic carbocycles. The molecule has 3 unspecified atom stereocenters. The summed E-state index contributed by atoms with van der Waals surface area (Å²) >= 11 is 0. The van der Waals surface area contributed by atoms with Gasteiger partial charge in [-0.2, -0.15) is 0 Å². The standard InChI is InChI=1S/C17H27FN2O/c1-3-19-16(14-5-4-6-15(18)11-14)7-9-20-10-8-17(21)13(2)12-20/h4-6,11,13,16-17,19,21H,3,7-10,12H2,1-2H3. The number of halogens is 1. The number of likely N-dealkylation sites (tertiary alicyclic amines) is 1. The minimum Gasteiger partial charge on any atom is -0.393 e. The number of hydrogen-bond acceptors (Lipinski definition) is 3. The Hall–Kier alpha value is -0.970. The molecule has 1 aliphatic heterocycles. The van der Waals surface area contributed by atoms with Crippen molar-refractivity contribution < 1.29 is 9.50 Å². The van der Waals surface area contributed by atoms with E-state index in [1.54, 1.807) is 12.1 Å². The quantitative estimate of drug-likeness (QED) is 0.846. The monoisotopic (exact) mass is 294 g/mol. The second-order valence-corrected chi connectivity index (χ2v) is 6.09. The SMILES string of the molecule is CCNC(CCN1CCC(O)C(C)C1)c1cccc(F)c1. The lowest BCUT2D eigenvalue weighted by Gasteiger charge is -2.35. The summed E-state index contributed by atoms with van der Waals surface area (Å²) < 4.78 is 13.4. The molecule has 118 valence electrons. The predicted molar refractivity (Wildman–Crippen MR) is 83.7 cm³/mol. The fraction of sp³-hybridized carbons (Fsp3) is 0.647. The van der Waals surface area contributed by atoms with Crippen molar-refractivity contribution in [2.45, 2.75) is 38.8 Å². The van der Waals surface area contributed by atoms with Crippen molar-refractivity contribution in [3.63, 3.8) is 0 Å². The molecule has 21 heavy (non-hydrogen) atoms. The maximum atomic E-state index is 13.4. The van der Waals surface area contributed by atoms with Crippen LogP contribution >= 0.6 is 0 Å². The van der Waals surface area contributed by atoms with Crippen molar-refractivity contribution in [1.82, 2.24) is 10.2 Å². The summed E-state index contributed by atoms with van der Waals surface area (Å²) in [7, 11) is 0. The van der Waals surface area contributed by atoms with Crippen LogP contribution in [-0.2, 0) is 0 Å². The summed E-state index contributed by atoms with van der Waals surface area (Å²) in [6.45, 7) is 7.93. The van der Waals surface area contributed by atoms with E-state index >= 15 is 0 Å². The van der Waals surface area contributed by atoms with Crippen LogP contribution in [0.5, 0.6) is 0 Å². The third-order valence-electron chi connectivity index (χ3n) is 4.38. The summed E-state index contributed by atoms with van der Waals surface area (Å²) in [5.74, 6) is 0.163. The molecule has 1 aliphatic rings. The van der Waals surface area contributed by atoms with Crippen LogP contribution in [0.2, 0.25) is 0 Å². The normalized spacial score (nSPS) is 25.0. The first-order valence-electron chi connectivity index (χ1n) is 7.99. The summed E-state index contributed by atoms with van der Waals surface area (Å²) in [5, 5.41) is 13.2. The second-order valence-electron chi connectivity index (χ2n) is 6.09. The lowest BCUT2D eigenvalue weighted by Crippen LogP contribution is -2.43. The van der Waals surface area contributed by atoms with E-state index in [4.69, 9.17) is 0 Å². The minimum absolute atomic E-state index is 0.158. The Bertz CT molecular complexity index is 441. The van der Waals surface area contributed by atoms with Gasteiger partial charge in [-0.1, -0.05) is 26.0 Å². The number of rotatable bonds is 6. The molecule has 0 aromatic heterocycles. The fourth-order valence-electron chi connectivity index (χ4n) is 3.09. The van der Waals surface area contributed by atoms with Crippen molar-refractivity contribution in [2.75, 3.05) is 26.2 Å². The molecule has 0 radical (unpaired) electrons. The van der Waals surface area contributed by atoms with Crippen LogP contribution in [0, 0.1) is 11.7 Å². The number of nitrogens with one attached hydrogen (secondary N) is 1. The van der Waals surface area contributed by atoms with Gasteiger partial charge in [-0.3, -0.25) is 0 Å². The molecular formula is C17H27FN2O. The van der Waals surface area contributed by atoms with Crippen molar-refractivity contribution in [3.05, 3.63) is 35.6 Å². The average Bonchev–Trinajstić information content (AvgIpc) is 2.47. The molecule has 0 bridgehead atoms. The predicted octanol–water partition coefficient (Wildman–Crippen LogP) is 2.57. The van der Waals surface area contributed by atoms with Gasteiger partial charge in [0.1, 0.15) is 5.82 Å². The van der Waals surface area contributed by atoms with Crippen LogP contribution in [0.25, 0.3) is 0 Å². The molecular weight excluding hydrogens is 267 g/mol. The topological polar surface area (TPSA) is 35.5 Å². The zero-order chi connectivity index (χ0) is 15.2. The number of piperidine rings is 1. The molecule has 1 fully saturated rings. The highest BCUT2D eigenvalue weighted by Gasteiger charge is 2.24. The fourth-order valence-corrected chi connectivity index (χ4v) is 3.09. The van der Waals surface area contributed by atoms with E-state index in [2.05, 4.69) is 24.1 Å². The largest absolute Gasteiger partial charge is 0.393 e. The molecule has 2 N–H and O–H groups in total. The highest BCUT2D eigenvalue weighted by atomic mass is 19.1. The van der Waals surface area contributed by atoms with Gasteiger partial charge in [0.25, 0.3) is 0 Å². The van der Waals surface area contributed by atoms with Gasteiger partial charge < -0.3 is 15.3 Å². The van der Waals surface area contributed by atoms with Crippen LogP contribution in [-0.4, -0.2) is 42.3 Å². The van der Waals surface area contributed by atoms with Gasteiger partial charge >= 0.3 is 0 Å². The van der Waals surface area contributed by atoms with Gasteiger partial charge in [0.05, 0.1) is 6.10 Å². The molecule has 0 amide bonds. The van der Waals surface area contributed by atoms with Gasteiger partial charge in [-0.15, -0.1) is 0 Å². The van der Waals surface area contributed by atoms with Crippen LogP contribution in [0.15, 0.2) is 24.3 Å². The minimum atomic E-state index is -0.176. The Morgan fingerprint density at radius 1 is 1.48 bits per heavy atom. The van der Waals surface area contributed by atoms with Crippen LogP contribution in [0.1, 0.15) is 38.3 Å². The first-order valence-corrected chi connectivity index (χ1v) is 7.99. The Morgan fingerprint density at radius 3 is 2.95 bits per heavy atom. The summed E-state index contributed by atoms with van der Waals surface area (Å²) in [4.78, 5) is 2.40. The maximum absolute atomic E-state index is 13.4. The molecule has 0 saturated carbocycles. The summed E-state index contributed by atoms with van der Waals surface area (Å²) in [5.41, 5.74) is 1.02. The highest BCUT2D eigenvalue weighted by Crippen LogP contribution is 2.21. The van der Waals surface area contributed by atoms with E-state index in [0.29, 0.717) is 5.92 Å². The molecule has 0 spiro atoms. The first kappa shape index (κ1) is 16.4. The Balaban J connectivity index is 1.91. The zero-order valence-corrected chi connectivity index (χ0v) is 13.1. The van der Waals surface area contributed by atoms with Gasteiger partial charge in [0.2, 0.25) is 0 Å². The van der Waals surface area contributed by atoms with Gasteiger partial charge in [-0.05, 0) is 49.5 Å². The Morgan fingerprint density at radius 2 is 2.29 bits per heavy atom. The van der Waals surface area contributed by atoms with E-state index in [0.717, 1.165) is 44.6 Å². The molecule has 2 rings (SSSR count). The molecule has 4 heteroatoms. The molecule has 1 aromatic carbocycles. The molecule has 3 atom stereocenters. The van der Waals surface area contributed by atoms with Crippen LogP contribution < -0.4 is 5.32 Å². The second kappa shape index (κ2) is 7.87. The molecule has 1 heterocycles. The maximum Gasteiger partial charge on any atom is 0.123 e. The molecule has 3 nitrogen and oxygen atoms in total. The summed E-state index contributed by atoms with van der Waals surface area (Å²) in [6, 6.07) is 7.05. The van der Waals surface area contributed by atoms with Crippen molar-refractivity contribution in [2.24, 2.45) is 5.92 Å². The number of hydrogen-bond donors (Lipinski definition) is 2. The van der Waals surface area contributed by atoms with Crippen molar-refractivity contribution in [3.8, 4) is 0 Å². The lowest BCUT2D eigenvalue weighted by atomic mass is 9.96. The van der Waals surface area contributed by atoms with Crippen LogP contribution in [0.4, 0.5) is 4.39 Å². The highest BCUT2D eigenvalue weighted by molar-refractivity contribution is 5.20. The number of nitrogens with zero attached hydrogens (tertiary/aromatic N) is 1. The number of benzene rings is 1. The van der Waals surface area contributed by atoms with Gasteiger partial charge in [-0.25, -0.2) is 4.39 Å². The van der Waals surface area contributed by atoms with Crippen molar-refractivity contribution >= 4 is 0 Å². The van der Waals surface area contributed by atoms with E-state index in [9.17, 15) is 9.50 Å². The lowest BCUT2D eigenvalue weighted by molar-refractivity contribution is 0.0337. The zero-order valence-electron chi connectivity index (χ0n) is 13.1. The molecule has 1 saturated heterocycles. The van der Waals surface area contributed by atoms with Gasteiger partial charge in [0.15, 0.2) is 0 Å². The molecule has 1 aromatic rings. The Labute approximate surface area is 127 Å². The number of aliphatic hydroxyl groups excluding tert-OH is 1. The van der Waals surface area contributed by atoms with Gasteiger partial charge in [0, 0.05) is 19.1 Å². The van der Waals surface area contributed by atoms with E-state index in [1.807, 2.05) is 6.07 Å². The summed E-state index contributed by atoms with van der Waals surface area (Å²) in [6.07, 6.45) is 1.65. The Kier molecular flexibility index (Phi) is 6.15. The van der Waals surface area contributed by atoms with Crippen LogP contribution in [0.3, 0.4) is 0 Å². The average molecular weight is 294 g/mol. The van der Waals surface area contributed by atoms with E-state index in [-0.39, 0.29) is 18.0 Å². The van der Waals surface area contributed by atoms with E-state index in [1.165, 1.54) is 6.07 Å². The smallest absolute Gasteiger partial charge is 0.123 e. The van der Waals surface area contributed by atoms with Crippen molar-refractivity contribution in [1.29, 1.82) is 0 Å². The third kappa shape index (κ3) is 4.77. The first-order chi connectivity index (χ1) is 10.1. The number of aliphatic hydroxyl groups is 1. The van der Waals surface area contributed by atoms with E-state index < -0.39 is 0 Å². The third-order valence-corrected chi connectivity index (χ3v) is 4.38.